The molecule has 0 radical (unpaired) electrons. The molecule has 6 nitrogen and oxygen atoms in total. The summed E-state index contributed by atoms with van der Waals surface area (Å²) < 4.78 is 6.18. The molecule has 3 aromatic carbocycles. The molecule has 0 atom stereocenters. The fraction of sp³-hybridized carbons (Fsp3) is 0.259. The highest BCUT2D eigenvalue weighted by molar-refractivity contribution is 9.10. The van der Waals surface area contributed by atoms with Gasteiger partial charge in [-0.05, 0) is 42.5 Å². The van der Waals surface area contributed by atoms with Gasteiger partial charge in [0.15, 0.2) is 6.67 Å². The van der Waals surface area contributed by atoms with Crippen LogP contribution >= 0.6 is 15.9 Å². The van der Waals surface area contributed by atoms with Crippen LogP contribution in [0.1, 0.15) is 11.1 Å². The number of carbonyl (C=O) groups excluding carboxylic acids is 1. The summed E-state index contributed by atoms with van der Waals surface area (Å²) in [7, 11) is 1.64. The number of nitrogens with zero attached hydrogens (tertiary/aromatic N) is 2. The van der Waals surface area contributed by atoms with Crippen LogP contribution in [-0.2, 0) is 11.3 Å². The summed E-state index contributed by atoms with van der Waals surface area (Å²) in [5, 5.41) is 0. The zero-order chi connectivity index (χ0) is 23.5. The number of nitrogens with one attached hydrogen (secondary N) is 2. The number of quaternary nitrogens is 2. The lowest BCUT2D eigenvalue weighted by atomic mass is 10.1. The third kappa shape index (κ3) is 4.92. The zero-order valence-electron chi connectivity index (χ0n) is 19.3. The van der Waals surface area contributed by atoms with Gasteiger partial charge in [0.2, 0.25) is 0 Å². The van der Waals surface area contributed by atoms with Gasteiger partial charge >= 0.3 is 0 Å². The second-order valence-electron chi connectivity index (χ2n) is 8.87. The highest BCUT2D eigenvalue weighted by Crippen LogP contribution is 2.32. The van der Waals surface area contributed by atoms with Gasteiger partial charge < -0.3 is 14.5 Å². The maximum atomic E-state index is 13.5. The molecule has 0 bridgehead atoms. The number of halogens is 1. The van der Waals surface area contributed by atoms with Crippen molar-refractivity contribution >= 4 is 38.9 Å². The third-order valence-electron chi connectivity index (χ3n) is 6.61. The van der Waals surface area contributed by atoms with Gasteiger partial charge in [0.05, 0.1) is 18.5 Å². The molecule has 1 amide bonds. The molecular formula is C27H29BrN4O2+2. The molecule has 1 saturated heterocycles. The normalized spacial score (nSPS) is 21.1. The van der Waals surface area contributed by atoms with Gasteiger partial charge in [-0.3, -0.25) is 9.69 Å². The highest BCUT2D eigenvalue weighted by Gasteiger charge is 2.37. The lowest BCUT2D eigenvalue weighted by molar-refractivity contribution is -1.02. The van der Waals surface area contributed by atoms with Crippen LogP contribution in [0.3, 0.4) is 0 Å². The lowest BCUT2D eigenvalue weighted by Gasteiger charge is -2.32. The molecule has 2 N–H and O–H groups in total. The molecule has 2 heterocycles. The van der Waals surface area contributed by atoms with Crippen molar-refractivity contribution in [2.45, 2.75) is 6.54 Å². The van der Waals surface area contributed by atoms with Crippen LogP contribution in [0.15, 0.2) is 82.3 Å². The number of aliphatic imine (C=N–C) groups is 1. The molecule has 0 saturated carbocycles. The van der Waals surface area contributed by atoms with E-state index in [4.69, 9.17) is 9.73 Å². The van der Waals surface area contributed by atoms with Crippen molar-refractivity contribution in [1.29, 1.82) is 0 Å². The summed E-state index contributed by atoms with van der Waals surface area (Å²) in [4.78, 5) is 23.2. The quantitative estimate of drug-likeness (QED) is 0.521. The Bertz CT molecular complexity index is 1190. The van der Waals surface area contributed by atoms with E-state index in [2.05, 4.69) is 46.3 Å². The molecule has 7 heteroatoms. The van der Waals surface area contributed by atoms with Crippen molar-refractivity contribution in [2.24, 2.45) is 4.99 Å². The summed E-state index contributed by atoms with van der Waals surface area (Å²) in [6, 6.07) is 24.2. The summed E-state index contributed by atoms with van der Waals surface area (Å²) in [6.45, 7) is 6.02. The number of fused-ring (bicyclic) bond motifs is 1. The Morgan fingerprint density at radius 2 is 1.65 bits per heavy atom. The maximum absolute atomic E-state index is 13.5. The topological polar surface area (TPSA) is 50.8 Å². The van der Waals surface area contributed by atoms with Crippen LogP contribution < -0.4 is 19.4 Å². The maximum Gasteiger partial charge on any atom is 0.281 e. The first kappa shape index (κ1) is 22.8. The zero-order valence-corrected chi connectivity index (χ0v) is 20.8. The molecule has 1 fully saturated rings. The molecule has 0 aliphatic carbocycles. The molecule has 174 valence electrons. The van der Waals surface area contributed by atoms with Crippen LogP contribution in [0.5, 0.6) is 5.75 Å². The largest absolute Gasteiger partial charge is 0.497 e. The van der Waals surface area contributed by atoms with Crippen LogP contribution in [0.2, 0.25) is 0 Å². The first-order valence-electron chi connectivity index (χ1n) is 11.7. The second-order valence-corrected chi connectivity index (χ2v) is 9.79. The smallest absolute Gasteiger partial charge is 0.281 e. The third-order valence-corrected chi connectivity index (χ3v) is 7.10. The Morgan fingerprint density at radius 1 is 0.941 bits per heavy atom. The van der Waals surface area contributed by atoms with E-state index in [0.717, 1.165) is 59.9 Å². The van der Waals surface area contributed by atoms with Crippen molar-refractivity contribution in [2.75, 3.05) is 44.9 Å². The Morgan fingerprint density at radius 3 is 2.35 bits per heavy atom. The molecule has 0 aromatic heterocycles. The van der Waals surface area contributed by atoms with Crippen molar-refractivity contribution in [3.63, 3.8) is 0 Å². The standard InChI is InChI=1S/C27H27BrN4O2/c1-34-23-10-8-22(9-11-23)29-26-24-17-21(28)7-12-25(24)32(27(26)33)19-31-15-13-30(14-16-31)18-20-5-3-2-4-6-20/h2-12,17H,13-16,18-19H2,1H3/p+2. The molecule has 0 spiro atoms. The van der Waals surface area contributed by atoms with Crippen molar-refractivity contribution in [3.05, 3.63) is 88.4 Å². The van der Waals surface area contributed by atoms with E-state index in [9.17, 15) is 4.79 Å². The van der Waals surface area contributed by atoms with Crippen molar-refractivity contribution in [1.82, 2.24) is 0 Å². The minimum Gasteiger partial charge on any atom is -0.497 e. The number of carbonyl (C=O) groups is 1. The van der Waals surface area contributed by atoms with E-state index >= 15 is 0 Å². The van der Waals surface area contributed by atoms with Gasteiger partial charge in [-0.2, -0.15) is 0 Å². The fourth-order valence-corrected chi connectivity index (χ4v) is 5.10. The number of amides is 1. The van der Waals surface area contributed by atoms with Crippen molar-refractivity contribution in [3.8, 4) is 5.75 Å². The summed E-state index contributed by atoms with van der Waals surface area (Å²) in [5.74, 6) is 0.735. The average Bonchev–Trinajstić information content (AvgIpc) is 3.11. The number of methoxy groups -OCH3 is 1. The summed E-state index contributed by atoms with van der Waals surface area (Å²) in [5.41, 5.74) is 4.43. The molecule has 0 unspecified atom stereocenters. The van der Waals surface area contributed by atoms with Crippen LogP contribution in [0.4, 0.5) is 11.4 Å². The number of hydrogen-bond acceptors (Lipinski definition) is 3. The minimum atomic E-state index is -0.0320. The predicted molar refractivity (Wildman–Crippen MR) is 137 cm³/mol. The molecular weight excluding hydrogens is 492 g/mol. The van der Waals surface area contributed by atoms with Gasteiger partial charge in [0, 0.05) is 15.6 Å². The van der Waals surface area contributed by atoms with Gasteiger partial charge in [-0.1, -0.05) is 46.3 Å². The second kappa shape index (κ2) is 10.1. The molecule has 2 aliphatic heterocycles. The van der Waals surface area contributed by atoms with Crippen LogP contribution in [0, 0.1) is 0 Å². The fourth-order valence-electron chi connectivity index (χ4n) is 4.74. The van der Waals surface area contributed by atoms with Crippen molar-refractivity contribution < 1.29 is 19.3 Å². The van der Waals surface area contributed by atoms with Gasteiger partial charge in [-0.15, -0.1) is 0 Å². The monoisotopic (exact) mass is 520 g/mol. The molecule has 2 aliphatic rings. The Kier molecular flexibility index (Phi) is 6.76. The highest BCUT2D eigenvalue weighted by atomic mass is 79.9. The number of hydrogen-bond donors (Lipinski definition) is 2. The van der Waals surface area contributed by atoms with Gasteiger partial charge in [-0.25, -0.2) is 4.99 Å². The first-order chi connectivity index (χ1) is 16.6. The van der Waals surface area contributed by atoms with E-state index in [-0.39, 0.29) is 5.91 Å². The number of rotatable bonds is 6. The van der Waals surface area contributed by atoms with E-state index in [1.165, 1.54) is 10.5 Å². The van der Waals surface area contributed by atoms with Crippen LogP contribution in [-0.4, -0.2) is 51.6 Å². The number of piperazine rings is 1. The van der Waals surface area contributed by atoms with E-state index < -0.39 is 0 Å². The van der Waals surface area contributed by atoms with Gasteiger partial charge in [0.1, 0.15) is 44.2 Å². The molecule has 5 rings (SSSR count). The Labute approximate surface area is 208 Å². The number of benzene rings is 3. The first-order valence-corrected chi connectivity index (χ1v) is 12.5. The number of anilines is 1. The van der Waals surface area contributed by atoms with E-state index in [1.54, 1.807) is 12.0 Å². The SMILES string of the molecule is COc1ccc(N=C2C(=O)N(C[NH+]3CC[NH+](Cc4ccccc4)CC3)c3ccc(Br)cc32)cc1. The average molecular weight is 521 g/mol. The van der Waals surface area contributed by atoms with Crippen LogP contribution in [0.25, 0.3) is 0 Å². The Balaban J connectivity index is 1.31. The summed E-state index contributed by atoms with van der Waals surface area (Å²) in [6.07, 6.45) is 0. The lowest BCUT2D eigenvalue weighted by Crippen LogP contribution is -3.28. The van der Waals surface area contributed by atoms with E-state index in [1.807, 2.05) is 47.4 Å². The van der Waals surface area contributed by atoms with E-state index in [0.29, 0.717) is 12.4 Å². The molecule has 34 heavy (non-hydrogen) atoms. The Hall–Kier alpha value is -3.00. The van der Waals surface area contributed by atoms with Gasteiger partial charge in [0.25, 0.3) is 5.91 Å². The molecule has 3 aromatic rings. The minimum absolute atomic E-state index is 0.0320. The number of ether oxygens (including phenoxy) is 1. The summed E-state index contributed by atoms with van der Waals surface area (Å²) >= 11 is 3.56. The predicted octanol–water partition coefficient (Wildman–Crippen LogP) is 1.87.